The van der Waals surface area contributed by atoms with Gasteiger partial charge in [0.05, 0.1) is 25.9 Å². The highest BCUT2D eigenvalue weighted by Gasteiger charge is 2.33. The lowest BCUT2D eigenvalue weighted by atomic mass is 9.94. The molecule has 0 bridgehead atoms. The average molecular weight is 357 g/mol. The molecule has 0 saturated carbocycles. The van der Waals surface area contributed by atoms with Crippen molar-refractivity contribution in [2.45, 2.75) is 25.7 Å². The van der Waals surface area contributed by atoms with Gasteiger partial charge in [0, 0.05) is 12.5 Å². The molecule has 1 aliphatic rings. The molecule has 1 aliphatic heterocycles. The summed E-state index contributed by atoms with van der Waals surface area (Å²) in [4.78, 5) is 0. The zero-order chi connectivity index (χ0) is 18.4. The van der Waals surface area contributed by atoms with Gasteiger partial charge in [0.1, 0.15) is 18.1 Å². The van der Waals surface area contributed by atoms with Crippen LogP contribution in [-0.2, 0) is 6.54 Å². The maximum Gasteiger partial charge on any atom is 0.119 e. The Bertz CT molecular complexity index is 693. The molecule has 3 atom stereocenters. The lowest BCUT2D eigenvalue weighted by molar-refractivity contribution is 0.201. The molecule has 140 valence electrons. The summed E-state index contributed by atoms with van der Waals surface area (Å²) in [7, 11) is 1.69. The average Bonchev–Trinajstić information content (AvgIpc) is 3.06. The number of hydrogen-bond donors (Lipinski definition) is 4. The first-order valence-electron chi connectivity index (χ1n) is 8.92. The molecule has 26 heavy (non-hydrogen) atoms. The monoisotopic (exact) mass is 357 g/mol. The minimum atomic E-state index is 0.0238. The quantitative estimate of drug-likeness (QED) is 0.579. The molecule has 2 aromatic rings. The van der Waals surface area contributed by atoms with Crippen molar-refractivity contribution in [2.75, 3.05) is 20.3 Å². The Hall–Kier alpha value is -2.12. The molecule has 4 N–H and O–H groups in total. The summed E-state index contributed by atoms with van der Waals surface area (Å²) in [5, 5.41) is 12.3. The van der Waals surface area contributed by atoms with Gasteiger partial charge in [0.2, 0.25) is 0 Å². The molecule has 2 aromatic carbocycles. The van der Waals surface area contributed by atoms with E-state index in [1.807, 2.05) is 36.4 Å². The van der Waals surface area contributed by atoms with Crippen LogP contribution in [0, 0.1) is 5.92 Å². The van der Waals surface area contributed by atoms with Gasteiger partial charge in [-0.15, -0.1) is 0 Å². The maximum atomic E-state index is 8.79. The minimum absolute atomic E-state index is 0.0238. The van der Waals surface area contributed by atoms with E-state index in [4.69, 9.17) is 14.6 Å². The number of aliphatic hydroxyl groups excluding tert-OH is 1. The fraction of sp³-hybridized carbons (Fsp3) is 0.400. The van der Waals surface area contributed by atoms with E-state index >= 15 is 0 Å². The van der Waals surface area contributed by atoms with Crippen molar-refractivity contribution in [3.8, 4) is 11.5 Å². The van der Waals surface area contributed by atoms with E-state index in [1.165, 1.54) is 11.1 Å². The van der Waals surface area contributed by atoms with E-state index in [-0.39, 0.29) is 18.8 Å². The molecular weight excluding hydrogens is 330 g/mol. The van der Waals surface area contributed by atoms with Gasteiger partial charge >= 0.3 is 0 Å². The second kappa shape index (κ2) is 9.00. The second-order valence-electron chi connectivity index (χ2n) is 6.48. The van der Waals surface area contributed by atoms with E-state index in [2.05, 4.69) is 35.2 Å². The zero-order valence-electron chi connectivity index (χ0n) is 15.2. The minimum Gasteiger partial charge on any atom is -0.497 e. The summed E-state index contributed by atoms with van der Waals surface area (Å²) in [5.74, 6) is 2.01. The van der Waals surface area contributed by atoms with Gasteiger partial charge in [0.15, 0.2) is 0 Å². The van der Waals surface area contributed by atoms with Crippen LogP contribution in [0.25, 0.3) is 0 Å². The van der Waals surface area contributed by atoms with Crippen molar-refractivity contribution in [2.24, 2.45) is 5.92 Å². The SMILES string of the molecule is COc1cccc(C2NNC(NCc3ccc(OCCO)cc3)C2C)c1. The van der Waals surface area contributed by atoms with Crippen LogP contribution >= 0.6 is 0 Å². The summed E-state index contributed by atoms with van der Waals surface area (Å²) in [5.41, 5.74) is 9.12. The predicted molar refractivity (Wildman–Crippen MR) is 101 cm³/mol. The maximum absolute atomic E-state index is 8.79. The molecule has 3 rings (SSSR count). The summed E-state index contributed by atoms with van der Waals surface area (Å²) in [6.07, 6.45) is 0.163. The number of nitrogens with one attached hydrogen (secondary N) is 3. The fourth-order valence-corrected chi connectivity index (χ4v) is 3.19. The number of hydrogen-bond acceptors (Lipinski definition) is 6. The van der Waals surface area contributed by atoms with Crippen LogP contribution in [0.3, 0.4) is 0 Å². The molecule has 1 fully saturated rings. The van der Waals surface area contributed by atoms with Crippen molar-refractivity contribution in [3.05, 3.63) is 59.7 Å². The molecule has 6 heteroatoms. The number of methoxy groups -OCH3 is 1. The molecule has 0 spiro atoms. The summed E-state index contributed by atoms with van der Waals surface area (Å²) < 4.78 is 10.7. The summed E-state index contributed by atoms with van der Waals surface area (Å²) in [6, 6.07) is 16.3. The lowest BCUT2D eigenvalue weighted by Gasteiger charge is -2.20. The normalized spacial score (nSPS) is 22.3. The molecule has 3 unspecified atom stereocenters. The van der Waals surface area contributed by atoms with Crippen LogP contribution in [0.1, 0.15) is 24.1 Å². The second-order valence-corrected chi connectivity index (χ2v) is 6.48. The van der Waals surface area contributed by atoms with E-state index < -0.39 is 0 Å². The first-order valence-corrected chi connectivity index (χ1v) is 8.92. The van der Waals surface area contributed by atoms with E-state index in [9.17, 15) is 0 Å². The fourth-order valence-electron chi connectivity index (χ4n) is 3.19. The van der Waals surface area contributed by atoms with Crippen LogP contribution < -0.4 is 25.6 Å². The first kappa shape index (κ1) is 18.7. The van der Waals surface area contributed by atoms with Gasteiger partial charge in [-0.25, -0.2) is 10.9 Å². The van der Waals surface area contributed by atoms with Gasteiger partial charge in [-0.2, -0.15) is 0 Å². The van der Waals surface area contributed by atoms with Crippen LogP contribution in [0.5, 0.6) is 11.5 Å². The van der Waals surface area contributed by atoms with Crippen LogP contribution in [0.2, 0.25) is 0 Å². The molecule has 0 aliphatic carbocycles. The third-order valence-electron chi connectivity index (χ3n) is 4.71. The van der Waals surface area contributed by atoms with Crippen molar-refractivity contribution >= 4 is 0 Å². The summed E-state index contributed by atoms with van der Waals surface area (Å²) >= 11 is 0. The number of aliphatic hydroxyl groups is 1. The Morgan fingerprint density at radius 3 is 2.62 bits per heavy atom. The van der Waals surface area contributed by atoms with Gasteiger partial charge in [-0.3, -0.25) is 5.32 Å². The molecule has 1 saturated heterocycles. The van der Waals surface area contributed by atoms with E-state index in [0.717, 1.165) is 18.0 Å². The highest BCUT2D eigenvalue weighted by Crippen LogP contribution is 2.29. The van der Waals surface area contributed by atoms with Crippen molar-refractivity contribution in [3.63, 3.8) is 0 Å². The van der Waals surface area contributed by atoms with Crippen molar-refractivity contribution in [1.82, 2.24) is 16.2 Å². The molecule has 0 amide bonds. The van der Waals surface area contributed by atoms with Crippen molar-refractivity contribution in [1.29, 1.82) is 0 Å². The lowest BCUT2D eigenvalue weighted by Crippen LogP contribution is -2.42. The molecule has 0 radical (unpaired) electrons. The van der Waals surface area contributed by atoms with Gasteiger partial charge in [-0.05, 0) is 35.4 Å². The Balaban J connectivity index is 1.54. The Morgan fingerprint density at radius 1 is 1.08 bits per heavy atom. The number of benzene rings is 2. The Morgan fingerprint density at radius 2 is 1.88 bits per heavy atom. The Labute approximate surface area is 154 Å². The molecule has 6 nitrogen and oxygen atoms in total. The smallest absolute Gasteiger partial charge is 0.119 e. The summed E-state index contributed by atoms with van der Waals surface area (Å²) in [6.45, 7) is 3.32. The van der Waals surface area contributed by atoms with Crippen LogP contribution in [-0.4, -0.2) is 31.6 Å². The first-order chi connectivity index (χ1) is 12.7. The number of hydrazine groups is 1. The highest BCUT2D eigenvalue weighted by molar-refractivity contribution is 5.31. The standard InChI is InChI=1S/C20H27N3O3/c1-14-19(16-4-3-5-18(12-16)25-2)22-23-20(14)21-13-15-6-8-17(9-7-15)26-11-10-24/h3-9,12,14,19-24H,10-11,13H2,1-2H3. The van der Waals surface area contributed by atoms with Gasteiger partial charge in [0.25, 0.3) is 0 Å². The molecule has 0 aromatic heterocycles. The number of rotatable bonds is 8. The van der Waals surface area contributed by atoms with Crippen molar-refractivity contribution < 1.29 is 14.6 Å². The highest BCUT2D eigenvalue weighted by atomic mass is 16.5. The zero-order valence-corrected chi connectivity index (χ0v) is 15.2. The van der Waals surface area contributed by atoms with Gasteiger partial charge < -0.3 is 14.6 Å². The van der Waals surface area contributed by atoms with E-state index in [1.54, 1.807) is 7.11 Å². The third-order valence-corrected chi connectivity index (χ3v) is 4.71. The number of ether oxygens (including phenoxy) is 2. The van der Waals surface area contributed by atoms with Crippen LogP contribution in [0.15, 0.2) is 48.5 Å². The molecular formula is C20H27N3O3. The third kappa shape index (κ3) is 4.53. The predicted octanol–water partition coefficient (Wildman–Crippen LogP) is 1.97. The van der Waals surface area contributed by atoms with E-state index in [0.29, 0.717) is 12.5 Å². The Kier molecular flexibility index (Phi) is 6.46. The largest absolute Gasteiger partial charge is 0.497 e. The van der Waals surface area contributed by atoms with Crippen LogP contribution in [0.4, 0.5) is 0 Å². The molecule has 1 heterocycles. The van der Waals surface area contributed by atoms with Gasteiger partial charge in [-0.1, -0.05) is 31.2 Å². The topological polar surface area (TPSA) is 74.8 Å².